The molecular formula is C17H20FNO2. The molecule has 2 aromatic rings. The lowest BCUT2D eigenvalue weighted by atomic mass is 10.00. The Morgan fingerprint density at radius 3 is 2.62 bits per heavy atom. The second kappa shape index (κ2) is 7.20. The molecule has 2 unspecified atom stereocenters. The highest BCUT2D eigenvalue weighted by atomic mass is 19.1. The summed E-state index contributed by atoms with van der Waals surface area (Å²) in [7, 11) is 0. The average molecular weight is 289 g/mol. The van der Waals surface area contributed by atoms with E-state index < -0.39 is 6.10 Å². The van der Waals surface area contributed by atoms with Crippen LogP contribution in [-0.4, -0.2) is 11.1 Å². The van der Waals surface area contributed by atoms with E-state index in [0.717, 1.165) is 5.56 Å². The first-order valence-corrected chi connectivity index (χ1v) is 7.02. The maximum Gasteiger partial charge on any atom is 0.142 e. The number of benzene rings is 2. The molecule has 0 bridgehead atoms. The summed E-state index contributed by atoms with van der Waals surface area (Å²) in [6, 6.07) is 13.3. The summed E-state index contributed by atoms with van der Waals surface area (Å²) in [5.74, 6) is 0.239. The number of hydrogen-bond acceptors (Lipinski definition) is 3. The van der Waals surface area contributed by atoms with Gasteiger partial charge in [-0.05, 0) is 30.2 Å². The predicted molar refractivity (Wildman–Crippen MR) is 80.4 cm³/mol. The van der Waals surface area contributed by atoms with E-state index in [1.54, 1.807) is 42.5 Å². The van der Waals surface area contributed by atoms with E-state index in [2.05, 4.69) is 0 Å². The van der Waals surface area contributed by atoms with Crippen molar-refractivity contribution in [3.63, 3.8) is 0 Å². The molecule has 4 heteroatoms. The molecule has 0 heterocycles. The fourth-order valence-electron chi connectivity index (χ4n) is 2.17. The predicted octanol–water partition coefficient (Wildman–Crippen LogP) is 3.18. The average Bonchev–Trinajstić information content (AvgIpc) is 2.53. The molecule has 21 heavy (non-hydrogen) atoms. The minimum Gasteiger partial charge on any atom is -0.484 e. The number of halogens is 1. The molecule has 0 radical (unpaired) electrons. The number of aliphatic hydroxyl groups excluding tert-OH is 1. The van der Waals surface area contributed by atoms with Crippen molar-refractivity contribution in [3.05, 3.63) is 65.5 Å². The third kappa shape index (κ3) is 3.80. The Kier molecular flexibility index (Phi) is 5.31. The van der Waals surface area contributed by atoms with Gasteiger partial charge in [0.2, 0.25) is 0 Å². The molecule has 2 atom stereocenters. The van der Waals surface area contributed by atoms with Gasteiger partial charge < -0.3 is 15.6 Å². The van der Waals surface area contributed by atoms with Crippen molar-refractivity contribution in [2.75, 3.05) is 0 Å². The minimum absolute atomic E-state index is 0.0681. The number of ether oxygens (including phenoxy) is 1. The number of nitrogens with two attached hydrogens (primary N) is 1. The number of aliphatic hydroxyl groups is 1. The Morgan fingerprint density at radius 1 is 1.19 bits per heavy atom. The van der Waals surface area contributed by atoms with Gasteiger partial charge in [-0.2, -0.15) is 0 Å². The third-order valence-electron chi connectivity index (χ3n) is 3.42. The molecule has 0 aromatic heterocycles. The SMILES string of the molecule is CCC(N)C(Oc1cccc(CO)c1)c1ccccc1F. The van der Waals surface area contributed by atoms with Crippen LogP contribution in [0.15, 0.2) is 48.5 Å². The van der Waals surface area contributed by atoms with Gasteiger partial charge in [0, 0.05) is 11.6 Å². The van der Waals surface area contributed by atoms with Crippen molar-refractivity contribution in [1.82, 2.24) is 0 Å². The van der Waals surface area contributed by atoms with Crippen LogP contribution in [0.2, 0.25) is 0 Å². The lowest BCUT2D eigenvalue weighted by Crippen LogP contribution is -2.32. The Labute approximate surface area is 124 Å². The highest BCUT2D eigenvalue weighted by Gasteiger charge is 2.23. The number of rotatable bonds is 6. The Hall–Kier alpha value is -1.91. The van der Waals surface area contributed by atoms with Gasteiger partial charge in [-0.15, -0.1) is 0 Å². The van der Waals surface area contributed by atoms with Crippen LogP contribution in [0.5, 0.6) is 5.75 Å². The Morgan fingerprint density at radius 2 is 1.95 bits per heavy atom. The van der Waals surface area contributed by atoms with Crippen LogP contribution in [0, 0.1) is 5.82 Å². The van der Waals surface area contributed by atoms with E-state index in [0.29, 0.717) is 17.7 Å². The molecule has 0 amide bonds. The van der Waals surface area contributed by atoms with Gasteiger partial charge in [-0.3, -0.25) is 0 Å². The van der Waals surface area contributed by atoms with Crippen molar-refractivity contribution in [3.8, 4) is 5.75 Å². The highest BCUT2D eigenvalue weighted by molar-refractivity contribution is 5.30. The van der Waals surface area contributed by atoms with Crippen LogP contribution in [0.3, 0.4) is 0 Å². The van der Waals surface area contributed by atoms with Crippen molar-refractivity contribution in [1.29, 1.82) is 0 Å². The quantitative estimate of drug-likeness (QED) is 0.858. The van der Waals surface area contributed by atoms with Gasteiger partial charge in [0.1, 0.15) is 17.7 Å². The summed E-state index contributed by atoms with van der Waals surface area (Å²) < 4.78 is 19.9. The van der Waals surface area contributed by atoms with Gasteiger partial charge in [0.15, 0.2) is 0 Å². The summed E-state index contributed by atoms with van der Waals surface area (Å²) >= 11 is 0. The molecule has 0 saturated carbocycles. The van der Waals surface area contributed by atoms with E-state index in [-0.39, 0.29) is 18.5 Å². The zero-order valence-electron chi connectivity index (χ0n) is 12.0. The fraction of sp³-hybridized carbons (Fsp3) is 0.294. The first-order valence-electron chi connectivity index (χ1n) is 7.02. The zero-order chi connectivity index (χ0) is 15.2. The lowest BCUT2D eigenvalue weighted by molar-refractivity contribution is 0.166. The maximum absolute atomic E-state index is 14.0. The monoisotopic (exact) mass is 289 g/mol. The van der Waals surface area contributed by atoms with E-state index in [4.69, 9.17) is 10.5 Å². The van der Waals surface area contributed by atoms with E-state index in [1.807, 2.05) is 6.92 Å². The first kappa shape index (κ1) is 15.5. The maximum atomic E-state index is 14.0. The van der Waals surface area contributed by atoms with Gasteiger partial charge in [-0.1, -0.05) is 37.3 Å². The van der Waals surface area contributed by atoms with Gasteiger partial charge >= 0.3 is 0 Å². The molecule has 2 rings (SSSR count). The lowest BCUT2D eigenvalue weighted by Gasteiger charge is -2.25. The second-order valence-corrected chi connectivity index (χ2v) is 4.94. The zero-order valence-corrected chi connectivity index (χ0v) is 12.0. The standard InChI is InChI=1S/C17H20FNO2/c1-2-16(19)17(14-8-3-4-9-15(14)18)21-13-7-5-6-12(10-13)11-20/h3-10,16-17,20H,2,11,19H2,1H3. The molecule has 0 fully saturated rings. The highest BCUT2D eigenvalue weighted by Crippen LogP contribution is 2.27. The summed E-state index contributed by atoms with van der Waals surface area (Å²) in [6.45, 7) is 1.87. The smallest absolute Gasteiger partial charge is 0.142 e. The van der Waals surface area contributed by atoms with Gasteiger partial charge in [-0.25, -0.2) is 4.39 Å². The largest absolute Gasteiger partial charge is 0.484 e. The van der Waals surface area contributed by atoms with E-state index >= 15 is 0 Å². The summed E-state index contributed by atoms with van der Waals surface area (Å²) in [6.07, 6.45) is 0.101. The third-order valence-corrected chi connectivity index (χ3v) is 3.42. The van der Waals surface area contributed by atoms with Crippen LogP contribution in [0.1, 0.15) is 30.6 Å². The second-order valence-electron chi connectivity index (χ2n) is 4.94. The molecule has 3 N–H and O–H groups in total. The van der Waals surface area contributed by atoms with Crippen molar-refractivity contribution in [2.45, 2.75) is 32.1 Å². The summed E-state index contributed by atoms with van der Waals surface area (Å²) in [5.41, 5.74) is 7.28. The molecule has 0 spiro atoms. The van der Waals surface area contributed by atoms with Crippen LogP contribution in [-0.2, 0) is 6.61 Å². The van der Waals surface area contributed by atoms with E-state index in [9.17, 15) is 9.50 Å². The summed E-state index contributed by atoms with van der Waals surface area (Å²) in [4.78, 5) is 0. The fourth-order valence-corrected chi connectivity index (χ4v) is 2.17. The molecule has 0 aliphatic heterocycles. The molecule has 2 aromatic carbocycles. The van der Waals surface area contributed by atoms with Crippen molar-refractivity contribution in [2.24, 2.45) is 5.73 Å². The normalized spacial score (nSPS) is 13.7. The molecule has 3 nitrogen and oxygen atoms in total. The molecule has 0 aliphatic carbocycles. The van der Waals surface area contributed by atoms with Gasteiger partial charge in [0.05, 0.1) is 6.61 Å². The van der Waals surface area contributed by atoms with Gasteiger partial charge in [0.25, 0.3) is 0 Å². The topological polar surface area (TPSA) is 55.5 Å². The number of hydrogen-bond donors (Lipinski definition) is 2. The van der Waals surface area contributed by atoms with Crippen LogP contribution in [0.25, 0.3) is 0 Å². The minimum atomic E-state index is -0.565. The van der Waals surface area contributed by atoms with Crippen LogP contribution < -0.4 is 10.5 Å². The van der Waals surface area contributed by atoms with Crippen molar-refractivity contribution < 1.29 is 14.2 Å². The summed E-state index contributed by atoms with van der Waals surface area (Å²) in [5, 5.41) is 9.17. The first-order chi connectivity index (χ1) is 10.2. The van der Waals surface area contributed by atoms with Crippen LogP contribution in [0.4, 0.5) is 4.39 Å². The van der Waals surface area contributed by atoms with E-state index in [1.165, 1.54) is 6.07 Å². The molecule has 112 valence electrons. The van der Waals surface area contributed by atoms with Crippen molar-refractivity contribution >= 4 is 0 Å². The Bertz CT molecular complexity index is 589. The van der Waals surface area contributed by atoms with Crippen LogP contribution >= 0.6 is 0 Å². The molecule has 0 aliphatic rings. The molecule has 0 saturated heterocycles. The Balaban J connectivity index is 2.31. The molecular weight excluding hydrogens is 269 g/mol.